The SMILES string of the molecule is C=C[C@H]1CN2CCC1C[C@H]2[C@H](OS(N)(=O)=O)c1ccnc2ccc(OC)cc12. The smallest absolute Gasteiger partial charge is 0.333 e. The van der Waals surface area contributed by atoms with Gasteiger partial charge < -0.3 is 4.74 Å². The maximum Gasteiger partial charge on any atom is 0.333 e. The Morgan fingerprint density at radius 1 is 1.39 bits per heavy atom. The Morgan fingerprint density at radius 3 is 2.86 bits per heavy atom. The standard InChI is InChI=1S/C20H25N3O4S/c1-3-13-12-23-9-7-14(13)10-19(23)20(27-28(21,24)25)16-6-8-22-18-5-4-15(26-2)11-17(16)18/h3-6,8,11,13-14,19-20H,1,7,9-10,12H2,2H3,(H2,21,24,25)/t13-,14?,19-,20+/m0/s1. The number of nitrogens with zero attached hydrogens (tertiary/aromatic N) is 2. The third-order valence-electron chi connectivity index (χ3n) is 6.03. The molecule has 0 radical (unpaired) electrons. The molecule has 150 valence electrons. The third kappa shape index (κ3) is 3.65. The predicted molar refractivity (Wildman–Crippen MR) is 107 cm³/mol. The van der Waals surface area contributed by atoms with Gasteiger partial charge in [-0.25, -0.2) is 9.32 Å². The number of benzene rings is 1. The molecular weight excluding hydrogens is 378 g/mol. The molecule has 3 saturated heterocycles. The second-order valence-electron chi connectivity index (χ2n) is 7.54. The summed E-state index contributed by atoms with van der Waals surface area (Å²) in [5, 5.41) is 6.11. The number of hydrogen-bond acceptors (Lipinski definition) is 6. The van der Waals surface area contributed by atoms with E-state index in [4.69, 9.17) is 14.1 Å². The first kappa shape index (κ1) is 19.3. The molecule has 7 nitrogen and oxygen atoms in total. The van der Waals surface area contributed by atoms with Crippen LogP contribution in [0.15, 0.2) is 43.1 Å². The first-order valence-electron chi connectivity index (χ1n) is 9.40. The zero-order valence-corrected chi connectivity index (χ0v) is 16.6. The van der Waals surface area contributed by atoms with Gasteiger partial charge in [0.1, 0.15) is 11.9 Å². The average molecular weight is 404 g/mol. The highest BCUT2D eigenvalue weighted by Crippen LogP contribution is 2.43. The number of piperidine rings is 3. The number of aromatic nitrogens is 1. The summed E-state index contributed by atoms with van der Waals surface area (Å²) >= 11 is 0. The Hall–Kier alpha value is -2.00. The Bertz CT molecular complexity index is 994. The molecule has 2 unspecified atom stereocenters. The number of pyridine rings is 1. The topological polar surface area (TPSA) is 94.8 Å². The molecule has 1 aromatic carbocycles. The van der Waals surface area contributed by atoms with Crippen LogP contribution in [0.1, 0.15) is 24.5 Å². The highest BCUT2D eigenvalue weighted by atomic mass is 32.2. The van der Waals surface area contributed by atoms with Crippen LogP contribution in [0.3, 0.4) is 0 Å². The van der Waals surface area contributed by atoms with Crippen LogP contribution in [0, 0.1) is 11.8 Å². The minimum atomic E-state index is -4.14. The lowest BCUT2D eigenvalue weighted by Gasteiger charge is -2.51. The fraction of sp³-hybridized carbons (Fsp3) is 0.450. The van der Waals surface area contributed by atoms with E-state index in [1.807, 2.05) is 30.3 Å². The van der Waals surface area contributed by atoms with Crippen molar-refractivity contribution in [3.63, 3.8) is 0 Å². The van der Waals surface area contributed by atoms with Crippen molar-refractivity contribution >= 4 is 21.2 Å². The monoisotopic (exact) mass is 403 g/mol. The Morgan fingerprint density at radius 2 is 2.21 bits per heavy atom. The number of hydrogen-bond donors (Lipinski definition) is 1. The maximum atomic E-state index is 11.9. The quantitative estimate of drug-likeness (QED) is 0.744. The minimum absolute atomic E-state index is 0.0786. The van der Waals surface area contributed by atoms with Crippen LogP contribution in [-0.2, 0) is 14.5 Å². The van der Waals surface area contributed by atoms with Crippen molar-refractivity contribution in [3.05, 3.63) is 48.7 Å². The molecular formula is C20H25N3O4S. The van der Waals surface area contributed by atoms with Gasteiger partial charge in [0.15, 0.2) is 0 Å². The van der Waals surface area contributed by atoms with E-state index in [2.05, 4.69) is 16.5 Å². The summed E-state index contributed by atoms with van der Waals surface area (Å²) in [6, 6.07) is 7.28. The molecule has 5 atom stereocenters. The van der Waals surface area contributed by atoms with Gasteiger partial charge in [-0.1, -0.05) is 6.08 Å². The lowest BCUT2D eigenvalue weighted by molar-refractivity contribution is -0.0338. The molecule has 5 rings (SSSR count). The fourth-order valence-corrected chi connectivity index (χ4v) is 5.20. The van der Waals surface area contributed by atoms with Crippen molar-refractivity contribution in [2.24, 2.45) is 17.0 Å². The molecule has 28 heavy (non-hydrogen) atoms. The molecule has 2 N–H and O–H groups in total. The van der Waals surface area contributed by atoms with Crippen LogP contribution < -0.4 is 9.88 Å². The van der Waals surface area contributed by atoms with Crippen molar-refractivity contribution < 1.29 is 17.3 Å². The number of fused-ring (bicyclic) bond motifs is 4. The molecule has 8 heteroatoms. The summed E-state index contributed by atoms with van der Waals surface area (Å²) < 4.78 is 34.7. The van der Waals surface area contributed by atoms with Gasteiger partial charge >= 0.3 is 10.3 Å². The number of rotatable bonds is 6. The molecule has 0 spiro atoms. The molecule has 1 aromatic heterocycles. The van der Waals surface area contributed by atoms with Crippen molar-refractivity contribution in [3.8, 4) is 5.75 Å². The van der Waals surface area contributed by atoms with Gasteiger partial charge in [0, 0.05) is 24.2 Å². The second kappa shape index (κ2) is 7.44. The number of nitrogens with two attached hydrogens (primary N) is 1. The summed E-state index contributed by atoms with van der Waals surface area (Å²) in [5.41, 5.74) is 1.51. The lowest BCUT2D eigenvalue weighted by Crippen LogP contribution is -2.55. The van der Waals surface area contributed by atoms with Gasteiger partial charge in [0.05, 0.1) is 12.6 Å². The summed E-state index contributed by atoms with van der Waals surface area (Å²) in [6.07, 6.45) is 4.90. The molecule has 0 aliphatic carbocycles. The van der Waals surface area contributed by atoms with Gasteiger partial charge in [-0.15, -0.1) is 6.58 Å². The minimum Gasteiger partial charge on any atom is -0.497 e. The maximum absolute atomic E-state index is 11.9. The Labute approximate surface area is 165 Å². The number of ether oxygens (including phenoxy) is 1. The summed E-state index contributed by atoms with van der Waals surface area (Å²) in [4.78, 5) is 6.70. The van der Waals surface area contributed by atoms with Gasteiger partial charge in [-0.2, -0.15) is 8.42 Å². The van der Waals surface area contributed by atoms with Gasteiger partial charge in [0.2, 0.25) is 0 Å². The molecule has 4 heterocycles. The van der Waals surface area contributed by atoms with Crippen molar-refractivity contribution in [1.82, 2.24) is 9.88 Å². The lowest BCUT2D eigenvalue weighted by atomic mass is 9.73. The molecule has 3 aliphatic heterocycles. The first-order valence-corrected chi connectivity index (χ1v) is 10.9. The summed E-state index contributed by atoms with van der Waals surface area (Å²) in [7, 11) is -2.55. The highest BCUT2D eigenvalue weighted by Gasteiger charge is 2.44. The molecule has 3 fully saturated rings. The van der Waals surface area contributed by atoms with Crippen LogP contribution in [0.5, 0.6) is 5.75 Å². The van der Waals surface area contributed by atoms with Crippen molar-refractivity contribution in [2.45, 2.75) is 25.0 Å². The zero-order chi connectivity index (χ0) is 19.9. The number of methoxy groups -OCH3 is 1. The second-order valence-corrected chi connectivity index (χ2v) is 8.72. The summed E-state index contributed by atoms with van der Waals surface area (Å²) in [5.74, 6) is 1.57. The summed E-state index contributed by atoms with van der Waals surface area (Å²) in [6.45, 7) is 5.72. The average Bonchev–Trinajstić information content (AvgIpc) is 2.70. The molecule has 2 aromatic rings. The molecule has 2 bridgehead atoms. The highest BCUT2D eigenvalue weighted by molar-refractivity contribution is 7.84. The van der Waals surface area contributed by atoms with Gasteiger partial charge in [-0.3, -0.25) is 9.88 Å². The van der Waals surface area contributed by atoms with Crippen LogP contribution in [0.2, 0.25) is 0 Å². The largest absolute Gasteiger partial charge is 0.497 e. The van der Waals surface area contributed by atoms with Crippen molar-refractivity contribution in [2.75, 3.05) is 20.2 Å². The van der Waals surface area contributed by atoms with E-state index in [0.717, 1.165) is 42.4 Å². The van der Waals surface area contributed by atoms with Crippen LogP contribution >= 0.6 is 0 Å². The van der Waals surface area contributed by atoms with Gasteiger partial charge in [0.25, 0.3) is 0 Å². The normalized spacial score (nSPS) is 28.2. The van der Waals surface area contributed by atoms with Crippen molar-refractivity contribution in [1.29, 1.82) is 0 Å². The van der Waals surface area contributed by atoms with Crippen LogP contribution in [-0.4, -0.2) is 44.5 Å². The van der Waals surface area contributed by atoms with E-state index in [-0.39, 0.29) is 6.04 Å². The van der Waals surface area contributed by atoms with E-state index in [0.29, 0.717) is 17.6 Å². The molecule has 0 saturated carbocycles. The molecule has 0 amide bonds. The van der Waals surface area contributed by atoms with E-state index in [1.54, 1.807) is 13.3 Å². The first-order chi connectivity index (χ1) is 13.4. The Kier molecular flexibility index (Phi) is 5.13. The molecule has 3 aliphatic rings. The fourth-order valence-electron chi connectivity index (χ4n) is 4.68. The van der Waals surface area contributed by atoms with E-state index in [9.17, 15) is 8.42 Å². The van der Waals surface area contributed by atoms with Crippen LogP contribution in [0.4, 0.5) is 0 Å². The van der Waals surface area contributed by atoms with Crippen LogP contribution in [0.25, 0.3) is 10.9 Å². The van der Waals surface area contributed by atoms with E-state index >= 15 is 0 Å². The third-order valence-corrected chi connectivity index (χ3v) is 6.51. The predicted octanol–water partition coefficient (Wildman–Crippen LogP) is 2.40. The zero-order valence-electron chi connectivity index (χ0n) is 15.8. The van der Waals surface area contributed by atoms with Gasteiger partial charge in [-0.05, 0) is 61.1 Å². The Balaban J connectivity index is 1.80. The van der Waals surface area contributed by atoms with E-state index < -0.39 is 16.4 Å². The van der Waals surface area contributed by atoms with E-state index in [1.165, 1.54) is 0 Å².